The zero-order valence-electron chi connectivity index (χ0n) is 20.8. The standard InChI is InChI=1S/C27H28N4O4S/c1-6-20(24(32)30-19-9-7-8-10-21(19)35-5)31-14-28-26-22(27(31)34)17(4)23(36-26)25(33)29-18-12-11-15(2)13-16(18)3/h7-14,20H,6H2,1-5H3,(H,29,33)(H,30,32). The number of benzene rings is 2. The van der Waals surface area contributed by atoms with Gasteiger partial charge < -0.3 is 15.4 Å². The number of fused-ring (bicyclic) bond motifs is 1. The van der Waals surface area contributed by atoms with Gasteiger partial charge in [0.05, 0.1) is 29.4 Å². The maximum Gasteiger partial charge on any atom is 0.266 e. The van der Waals surface area contributed by atoms with Gasteiger partial charge in [-0.3, -0.25) is 19.0 Å². The number of para-hydroxylation sites is 2. The zero-order chi connectivity index (χ0) is 26.0. The summed E-state index contributed by atoms with van der Waals surface area (Å²) in [6, 6.07) is 12.1. The quantitative estimate of drug-likeness (QED) is 0.359. The Hall–Kier alpha value is -3.98. The molecule has 8 nitrogen and oxygen atoms in total. The second kappa shape index (κ2) is 10.3. The van der Waals surface area contributed by atoms with E-state index in [9.17, 15) is 14.4 Å². The van der Waals surface area contributed by atoms with Crippen LogP contribution in [0.25, 0.3) is 10.2 Å². The van der Waals surface area contributed by atoms with E-state index in [0.717, 1.165) is 22.5 Å². The molecule has 2 amide bonds. The Labute approximate surface area is 212 Å². The van der Waals surface area contributed by atoms with Gasteiger partial charge in [-0.15, -0.1) is 11.3 Å². The van der Waals surface area contributed by atoms with Crippen LogP contribution in [0.4, 0.5) is 11.4 Å². The fraction of sp³-hybridized carbons (Fsp3) is 0.259. The maximum absolute atomic E-state index is 13.5. The third-order valence-electron chi connectivity index (χ3n) is 6.10. The van der Waals surface area contributed by atoms with Crippen molar-refractivity contribution in [3.63, 3.8) is 0 Å². The highest BCUT2D eigenvalue weighted by atomic mass is 32.1. The monoisotopic (exact) mass is 504 g/mol. The van der Waals surface area contributed by atoms with Crippen LogP contribution in [0.1, 0.15) is 45.7 Å². The number of aryl methyl sites for hydroxylation is 3. The van der Waals surface area contributed by atoms with E-state index >= 15 is 0 Å². The first kappa shape index (κ1) is 25.1. The van der Waals surface area contributed by atoms with Gasteiger partial charge in [-0.2, -0.15) is 0 Å². The molecule has 186 valence electrons. The maximum atomic E-state index is 13.5. The first-order valence-electron chi connectivity index (χ1n) is 11.6. The SMILES string of the molecule is CCC(C(=O)Nc1ccccc1OC)n1cnc2sc(C(=O)Nc3ccc(C)cc3C)c(C)c2c1=O. The van der Waals surface area contributed by atoms with E-state index in [2.05, 4.69) is 15.6 Å². The molecule has 0 spiro atoms. The number of methoxy groups -OCH3 is 1. The predicted molar refractivity (Wildman–Crippen MR) is 143 cm³/mol. The van der Waals surface area contributed by atoms with Crippen molar-refractivity contribution in [3.05, 3.63) is 80.7 Å². The number of carbonyl (C=O) groups is 2. The molecule has 0 aliphatic rings. The molecule has 4 aromatic rings. The average molecular weight is 505 g/mol. The van der Waals surface area contributed by atoms with Gasteiger partial charge in [0.15, 0.2) is 0 Å². The minimum Gasteiger partial charge on any atom is -0.495 e. The van der Waals surface area contributed by atoms with E-state index in [1.807, 2.05) is 39.0 Å². The number of nitrogens with one attached hydrogen (secondary N) is 2. The summed E-state index contributed by atoms with van der Waals surface area (Å²) in [5.41, 5.74) is 3.47. The molecule has 2 aromatic carbocycles. The molecule has 0 radical (unpaired) electrons. The zero-order valence-corrected chi connectivity index (χ0v) is 21.7. The highest BCUT2D eigenvalue weighted by molar-refractivity contribution is 7.20. The molecule has 0 fully saturated rings. The lowest BCUT2D eigenvalue weighted by Crippen LogP contribution is -2.33. The van der Waals surface area contributed by atoms with E-state index in [1.165, 1.54) is 18.0 Å². The van der Waals surface area contributed by atoms with Gasteiger partial charge >= 0.3 is 0 Å². The number of nitrogens with zero attached hydrogens (tertiary/aromatic N) is 2. The summed E-state index contributed by atoms with van der Waals surface area (Å²) in [5.74, 6) is -0.130. The summed E-state index contributed by atoms with van der Waals surface area (Å²) in [6.07, 6.45) is 1.75. The van der Waals surface area contributed by atoms with Crippen molar-refractivity contribution in [3.8, 4) is 5.75 Å². The summed E-state index contributed by atoms with van der Waals surface area (Å²) >= 11 is 1.16. The fourth-order valence-corrected chi connectivity index (χ4v) is 5.22. The minimum absolute atomic E-state index is 0.297. The van der Waals surface area contributed by atoms with E-state index in [-0.39, 0.29) is 17.4 Å². The Morgan fingerprint density at radius 1 is 1.08 bits per heavy atom. The second-order valence-electron chi connectivity index (χ2n) is 8.58. The Kier molecular flexibility index (Phi) is 7.21. The van der Waals surface area contributed by atoms with Crippen LogP contribution >= 0.6 is 11.3 Å². The Morgan fingerprint density at radius 3 is 2.53 bits per heavy atom. The van der Waals surface area contributed by atoms with Crippen molar-refractivity contribution in [2.24, 2.45) is 0 Å². The molecule has 4 rings (SSSR count). The molecule has 0 aliphatic heterocycles. The number of carbonyl (C=O) groups excluding carboxylic acids is 2. The summed E-state index contributed by atoms with van der Waals surface area (Å²) in [5, 5.41) is 6.13. The largest absolute Gasteiger partial charge is 0.495 e. The highest BCUT2D eigenvalue weighted by Crippen LogP contribution is 2.29. The minimum atomic E-state index is -0.786. The van der Waals surface area contributed by atoms with Crippen LogP contribution in [-0.2, 0) is 4.79 Å². The van der Waals surface area contributed by atoms with Crippen molar-refractivity contribution in [2.75, 3.05) is 17.7 Å². The topological polar surface area (TPSA) is 102 Å². The molecule has 0 saturated carbocycles. The Bertz CT molecular complexity index is 1520. The fourth-order valence-electron chi connectivity index (χ4n) is 4.18. The van der Waals surface area contributed by atoms with Gasteiger partial charge in [0.1, 0.15) is 16.6 Å². The molecule has 2 heterocycles. The molecule has 9 heteroatoms. The number of rotatable bonds is 7. The van der Waals surface area contributed by atoms with E-state index in [0.29, 0.717) is 44.2 Å². The average Bonchev–Trinajstić information content (AvgIpc) is 3.20. The number of hydrogen-bond donors (Lipinski definition) is 2. The van der Waals surface area contributed by atoms with Crippen molar-refractivity contribution in [1.29, 1.82) is 0 Å². The van der Waals surface area contributed by atoms with Gasteiger partial charge in [0.2, 0.25) is 5.91 Å². The van der Waals surface area contributed by atoms with Crippen LogP contribution in [0.2, 0.25) is 0 Å². The van der Waals surface area contributed by atoms with Crippen molar-refractivity contribution in [1.82, 2.24) is 9.55 Å². The van der Waals surface area contributed by atoms with E-state index in [1.54, 1.807) is 31.2 Å². The second-order valence-corrected chi connectivity index (χ2v) is 9.58. The molecule has 2 aromatic heterocycles. The number of amides is 2. The summed E-state index contributed by atoms with van der Waals surface area (Å²) in [4.78, 5) is 45.0. The van der Waals surface area contributed by atoms with Crippen molar-refractivity contribution < 1.29 is 14.3 Å². The first-order valence-corrected chi connectivity index (χ1v) is 12.4. The van der Waals surface area contributed by atoms with Crippen LogP contribution in [0.3, 0.4) is 0 Å². The molecule has 1 atom stereocenters. The summed E-state index contributed by atoms with van der Waals surface area (Å²) < 4.78 is 6.64. The van der Waals surface area contributed by atoms with E-state index in [4.69, 9.17) is 4.74 Å². The smallest absolute Gasteiger partial charge is 0.266 e. The normalized spacial score (nSPS) is 11.8. The lowest BCUT2D eigenvalue weighted by Gasteiger charge is -2.18. The van der Waals surface area contributed by atoms with Crippen LogP contribution in [0, 0.1) is 20.8 Å². The van der Waals surface area contributed by atoms with Gasteiger partial charge in [0, 0.05) is 5.69 Å². The third-order valence-corrected chi connectivity index (χ3v) is 7.30. The number of ether oxygens (including phenoxy) is 1. The molecule has 0 saturated heterocycles. The molecule has 0 bridgehead atoms. The molecular weight excluding hydrogens is 476 g/mol. The van der Waals surface area contributed by atoms with Crippen LogP contribution in [0.5, 0.6) is 5.75 Å². The molecule has 1 unspecified atom stereocenters. The highest BCUT2D eigenvalue weighted by Gasteiger charge is 2.25. The third kappa shape index (κ3) is 4.74. The van der Waals surface area contributed by atoms with Crippen LogP contribution in [0.15, 0.2) is 53.6 Å². The van der Waals surface area contributed by atoms with Gasteiger partial charge in [-0.25, -0.2) is 4.98 Å². The van der Waals surface area contributed by atoms with Gasteiger partial charge in [0.25, 0.3) is 11.5 Å². The van der Waals surface area contributed by atoms with Crippen LogP contribution < -0.4 is 20.9 Å². The molecule has 2 N–H and O–H groups in total. The lowest BCUT2D eigenvalue weighted by atomic mass is 10.1. The first-order chi connectivity index (χ1) is 17.2. The van der Waals surface area contributed by atoms with Crippen LogP contribution in [-0.4, -0.2) is 28.5 Å². The predicted octanol–water partition coefficient (Wildman–Crippen LogP) is 5.23. The Balaban J connectivity index is 1.67. The Morgan fingerprint density at radius 2 is 1.83 bits per heavy atom. The number of anilines is 2. The van der Waals surface area contributed by atoms with Gasteiger partial charge in [-0.1, -0.05) is 36.8 Å². The van der Waals surface area contributed by atoms with Gasteiger partial charge in [-0.05, 0) is 56.5 Å². The van der Waals surface area contributed by atoms with E-state index < -0.39 is 6.04 Å². The number of hydrogen-bond acceptors (Lipinski definition) is 6. The molecule has 36 heavy (non-hydrogen) atoms. The summed E-state index contributed by atoms with van der Waals surface area (Å²) in [6.45, 7) is 7.48. The molecule has 0 aliphatic carbocycles. The lowest BCUT2D eigenvalue weighted by molar-refractivity contribution is -0.119. The van der Waals surface area contributed by atoms with Crippen molar-refractivity contribution >= 4 is 44.7 Å². The number of thiophene rings is 1. The summed E-state index contributed by atoms with van der Waals surface area (Å²) in [7, 11) is 1.53. The van der Waals surface area contributed by atoms with Crippen molar-refractivity contribution in [2.45, 2.75) is 40.2 Å². The molecular formula is C27H28N4O4S. The number of aromatic nitrogens is 2.